The van der Waals surface area contributed by atoms with Gasteiger partial charge in [-0.3, -0.25) is 14.6 Å². The van der Waals surface area contributed by atoms with Crippen molar-refractivity contribution in [3.8, 4) is 33.8 Å². The van der Waals surface area contributed by atoms with Gasteiger partial charge in [0.25, 0.3) is 5.76 Å². The molecule has 0 bridgehead atoms. The second-order valence-electron chi connectivity index (χ2n) is 14.3. The molecule has 324 valence electrons. The van der Waals surface area contributed by atoms with Crippen molar-refractivity contribution < 1.29 is 48.3 Å². The van der Waals surface area contributed by atoms with E-state index in [0.29, 0.717) is 44.3 Å². The van der Waals surface area contributed by atoms with E-state index in [-0.39, 0.29) is 39.4 Å². The van der Waals surface area contributed by atoms with Crippen molar-refractivity contribution in [3.05, 3.63) is 124 Å². The molecule has 1 aromatic heterocycles. The van der Waals surface area contributed by atoms with E-state index in [1.54, 1.807) is 43.7 Å². The first-order valence-corrected chi connectivity index (χ1v) is 20.7. The van der Waals surface area contributed by atoms with E-state index in [1.807, 2.05) is 62.4 Å². The molecule has 0 unspecified atom stereocenters. The first-order valence-electron chi connectivity index (χ1n) is 19.4. The molecule has 0 saturated carbocycles. The number of hydrogen-bond donors (Lipinski definition) is 7. The van der Waals surface area contributed by atoms with Crippen LogP contribution >= 0.6 is 23.4 Å². The van der Waals surface area contributed by atoms with Crippen LogP contribution in [-0.2, 0) is 35.9 Å². The van der Waals surface area contributed by atoms with Gasteiger partial charge in [-0.05, 0) is 76.6 Å². The maximum absolute atomic E-state index is 13.7. The second kappa shape index (κ2) is 22.5. The number of hydrogen-bond acceptors (Lipinski definition) is 11. The molecule has 0 aliphatic carbocycles. The Morgan fingerprint density at radius 1 is 0.754 bits per heavy atom. The lowest BCUT2D eigenvalue weighted by Crippen LogP contribution is -2.28. The average Bonchev–Trinajstić information content (AvgIpc) is 3.20. The summed E-state index contributed by atoms with van der Waals surface area (Å²) >= 11 is 7.20. The molecule has 5 rings (SSSR count). The monoisotopic (exact) mass is 878 g/mol. The van der Waals surface area contributed by atoms with Gasteiger partial charge >= 0.3 is 11.9 Å². The summed E-state index contributed by atoms with van der Waals surface area (Å²) in [5, 5.41) is 47.3. The molecule has 4 aromatic carbocycles. The molecular weight excluding hydrogens is 830 g/mol. The number of aliphatic carboxylic acids is 2. The van der Waals surface area contributed by atoms with Gasteiger partial charge in [0.2, 0.25) is 0 Å². The number of anilines is 1. The molecule has 0 radical (unpaired) electrons. The largest absolute Gasteiger partial charge is 0.488 e. The SMILES string of the molecule is CNc1cncc(COc2cc(OCc3cccc(-c4cccc(-c5ccc(CNC[C@@H](O)CC(=O)O)c(SC(F)F)c5)c4C)c3C)c(Cl)cc2CNC[C@@H](O)CC(=O)O)c1. The molecule has 16 heteroatoms. The van der Waals surface area contributed by atoms with Crippen molar-refractivity contribution in [2.24, 2.45) is 0 Å². The van der Waals surface area contributed by atoms with Gasteiger partial charge in [-0.15, -0.1) is 0 Å². The van der Waals surface area contributed by atoms with Crippen molar-refractivity contribution in [1.82, 2.24) is 15.6 Å². The molecule has 0 fully saturated rings. The number of carboxylic acids is 2. The van der Waals surface area contributed by atoms with Crippen molar-refractivity contribution in [2.75, 3.05) is 25.5 Å². The number of alkyl halides is 2. The summed E-state index contributed by atoms with van der Waals surface area (Å²) in [4.78, 5) is 26.5. The smallest absolute Gasteiger partial charge is 0.306 e. The molecule has 61 heavy (non-hydrogen) atoms. The summed E-state index contributed by atoms with van der Waals surface area (Å²) in [6.07, 6.45) is 0.393. The molecule has 0 amide bonds. The summed E-state index contributed by atoms with van der Waals surface area (Å²) in [5.74, 6) is -4.04. The van der Waals surface area contributed by atoms with Crippen LogP contribution in [0.4, 0.5) is 14.5 Å². The standard InChI is InChI=1S/C45H49ClF2N4O8S/c1-26-31(25-60-41-17-40(59-24-28-12-33(49-3)21-50-18-28)32(13-39(41)46)20-52-23-35(54)16-44(57)58)6-4-8-37(26)38-9-5-7-36(27(38)2)29-10-11-30(42(14-29)61-45(47)48)19-51-22-34(53)15-43(55)56/h4-14,17-18,21,34-35,45,49,51-54H,15-16,19-20,22-25H2,1-3H3,(H,55,56)(H,57,58)/t34-,35-/m0/s1. The van der Waals surface area contributed by atoms with Crippen molar-refractivity contribution in [3.63, 3.8) is 0 Å². The van der Waals surface area contributed by atoms with Crippen molar-refractivity contribution in [1.29, 1.82) is 0 Å². The lowest BCUT2D eigenvalue weighted by atomic mass is 9.89. The van der Waals surface area contributed by atoms with Crippen LogP contribution in [0.1, 0.15) is 46.2 Å². The average molecular weight is 879 g/mol. The molecular formula is C45H49ClF2N4O8S. The number of ether oxygens (including phenoxy) is 2. The second-order valence-corrected chi connectivity index (χ2v) is 15.8. The molecule has 7 N–H and O–H groups in total. The number of benzene rings is 4. The van der Waals surface area contributed by atoms with Gasteiger partial charge in [0.1, 0.15) is 24.7 Å². The van der Waals surface area contributed by atoms with Gasteiger partial charge in [-0.1, -0.05) is 71.9 Å². The van der Waals surface area contributed by atoms with E-state index in [2.05, 4.69) is 20.9 Å². The number of aliphatic hydroxyl groups is 2. The van der Waals surface area contributed by atoms with Crippen LogP contribution in [0.15, 0.2) is 90.1 Å². The summed E-state index contributed by atoms with van der Waals surface area (Å²) < 4.78 is 40.0. The highest BCUT2D eigenvalue weighted by molar-refractivity contribution is 7.99. The molecule has 0 saturated heterocycles. The first kappa shape index (κ1) is 46.8. The highest BCUT2D eigenvalue weighted by atomic mass is 35.5. The zero-order valence-corrected chi connectivity index (χ0v) is 35.5. The Labute approximate surface area is 362 Å². The summed E-state index contributed by atoms with van der Waals surface area (Å²) in [6, 6.07) is 22.5. The number of aromatic nitrogens is 1. The van der Waals surface area contributed by atoms with Gasteiger partial charge in [-0.25, -0.2) is 0 Å². The Morgan fingerprint density at radius 2 is 1.38 bits per heavy atom. The Balaban J connectivity index is 1.36. The number of carboxylic acid groups (broad SMARTS) is 2. The number of nitrogens with zero attached hydrogens (tertiary/aromatic N) is 1. The van der Waals surface area contributed by atoms with Gasteiger partial charge in [-0.2, -0.15) is 8.78 Å². The number of aliphatic hydroxyl groups excluding tert-OH is 2. The van der Waals surface area contributed by atoms with Gasteiger partial charge < -0.3 is 45.9 Å². The zero-order chi connectivity index (χ0) is 44.1. The van der Waals surface area contributed by atoms with E-state index in [9.17, 15) is 28.6 Å². The fraction of sp³-hybridized carbons (Fsp3) is 0.311. The maximum Gasteiger partial charge on any atom is 0.306 e. The van der Waals surface area contributed by atoms with Gasteiger partial charge in [0, 0.05) is 67.7 Å². The Bertz CT molecular complexity index is 2300. The fourth-order valence-corrected chi connectivity index (χ4v) is 7.64. The lowest BCUT2D eigenvalue weighted by Gasteiger charge is -2.19. The first-order chi connectivity index (χ1) is 29.2. The lowest BCUT2D eigenvalue weighted by molar-refractivity contribution is -0.140. The van der Waals surface area contributed by atoms with E-state index in [4.69, 9.17) is 31.3 Å². The normalized spacial score (nSPS) is 12.3. The number of thioether (sulfide) groups is 1. The van der Waals surface area contributed by atoms with Gasteiger partial charge in [0.05, 0.1) is 35.8 Å². The number of rotatable bonds is 23. The van der Waals surface area contributed by atoms with Gasteiger partial charge in [0.15, 0.2) is 0 Å². The van der Waals surface area contributed by atoms with Crippen molar-refractivity contribution in [2.45, 2.75) is 75.9 Å². The molecule has 1 heterocycles. The van der Waals surface area contributed by atoms with Crippen LogP contribution in [0, 0.1) is 13.8 Å². The Kier molecular flexibility index (Phi) is 17.3. The minimum Gasteiger partial charge on any atom is -0.488 e. The minimum atomic E-state index is -2.66. The van der Waals surface area contributed by atoms with Crippen LogP contribution in [-0.4, -0.2) is 75.5 Å². The number of carbonyl (C=O) groups is 2. The third-order valence-corrected chi connectivity index (χ3v) is 11.0. The third-order valence-electron chi connectivity index (χ3n) is 9.85. The topological polar surface area (TPSA) is 182 Å². The zero-order valence-electron chi connectivity index (χ0n) is 33.9. The number of halogens is 3. The minimum absolute atomic E-state index is 0.000121. The third kappa shape index (κ3) is 13.6. The molecule has 0 aliphatic heterocycles. The quantitative estimate of drug-likeness (QED) is 0.0314. The van der Waals surface area contributed by atoms with Crippen LogP contribution in [0.3, 0.4) is 0 Å². The van der Waals surface area contributed by atoms with Crippen LogP contribution in [0.2, 0.25) is 5.02 Å². The number of pyridine rings is 1. The van der Waals surface area contributed by atoms with Crippen LogP contribution in [0.5, 0.6) is 11.5 Å². The number of nitrogens with one attached hydrogen (secondary N) is 3. The van der Waals surface area contributed by atoms with E-state index in [1.165, 1.54) is 0 Å². The van der Waals surface area contributed by atoms with Crippen LogP contribution in [0.25, 0.3) is 22.3 Å². The Morgan fingerprint density at radius 3 is 2.03 bits per heavy atom. The van der Waals surface area contributed by atoms with E-state index >= 15 is 0 Å². The summed E-state index contributed by atoms with van der Waals surface area (Å²) in [5.41, 5.74) is 9.25. The van der Waals surface area contributed by atoms with Crippen molar-refractivity contribution >= 4 is 41.0 Å². The highest BCUT2D eigenvalue weighted by Crippen LogP contribution is 2.39. The highest BCUT2D eigenvalue weighted by Gasteiger charge is 2.18. The molecule has 2 atom stereocenters. The predicted molar refractivity (Wildman–Crippen MR) is 232 cm³/mol. The summed E-state index contributed by atoms with van der Waals surface area (Å²) in [6.45, 7) is 4.79. The van der Waals surface area contributed by atoms with Crippen LogP contribution < -0.4 is 25.4 Å². The molecule has 12 nitrogen and oxygen atoms in total. The Hall–Kier alpha value is -5.29. The molecule has 0 aliphatic rings. The molecule has 0 spiro atoms. The fourth-order valence-electron chi connectivity index (χ4n) is 6.72. The summed E-state index contributed by atoms with van der Waals surface area (Å²) in [7, 11) is 1.80. The van der Waals surface area contributed by atoms with E-state index < -0.39 is 42.7 Å². The maximum atomic E-state index is 13.7. The van der Waals surface area contributed by atoms with E-state index in [0.717, 1.165) is 50.2 Å². The molecule has 5 aromatic rings. The predicted octanol–water partition coefficient (Wildman–Crippen LogP) is 8.05.